The van der Waals surface area contributed by atoms with Crippen LogP contribution in [0.1, 0.15) is 25.7 Å². The van der Waals surface area contributed by atoms with E-state index < -0.39 is 0 Å². The van der Waals surface area contributed by atoms with Gasteiger partial charge in [-0.2, -0.15) is 0 Å². The number of nitrogens with one attached hydrogen (secondary N) is 2. The Balaban J connectivity index is 1.24. The van der Waals surface area contributed by atoms with Crippen molar-refractivity contribution in [1.29, 1.82) is 0 Å². The van der Waals surface area contributed by atoms with E-state index >= 15 is 0 Å². The topological polar surface area (TPSA) is 47.6 Å². The summed E-state index contributed by atoms with van der Waals surface area (Å²) in [7, 11) is 0. The van der Waals surface area contributed by atoms with Gasteiger partial charge in [0.15, 0.2) is 0 Å². The van der Waals surface area contributed by atoms with E-state index in [9.17, 15) is 4.79 Å². The zero-order chi connectivity index (χ0) is 17.1. The molecule has 4 saturated heterocycles. The molecule has 0 radical (unpaired) electrons. The molecule has 0 aromatic heterocycles. The van der Waals surface area contributed by atoms with Gasteiger partial charge < -0.3 is 15.5 Å². The van der Waals surface area contributed by atoms with Crippen LogP contribution < -0.4 is 10.6 Å². The van der Waals surface area contributed by atoms with Crippen molar-refractivity contribution in [2.45, 2.75) is 31.7 Å². The van der Waals surface area contributed by atoms with E-state index in [2.05, 4.69) is 20.4 Å². The molecule has 5 heteroatoms. The minimum Gasteiger partial charge on any atom is -0.336 e. The zero-order valence-corrected chi connectivity index (χ0v) is 15.0. The summed E-state index contributed by atoms with van der Waals surface area (Å²) in [5.41, 5.74) is 0.844. The Morgan fingerprint density at radius 1 is 1.12 bits per heavy atom. The van der Waals surface area contributed by atoms with Crippen LogP contribution in [-0.2, 0) is 0 Å². The molecule has 2 amide bonds. The zero-order valence-electron chi connectivity index (χ0n) is 15.0. The first kappa shape index (κ1) is 16.9. The first-order valence-electron chi connectivity index (χ1n) is 9.84. The predicted octanol–water partition coefficient (Wildman–Crippen LogP) is 2.61. The first-order chi connectivity index (χ1) is 12.3. The summed E-state index contributed by atoms with van der Waals surface area (Å²) in [6.45, 7) is 7.06. The van der Waals surface area contributed by atoms with Gasteiger partial charge in [-0.25, -0.2) is 4.79 Å². The highest BCUT2D eigenvalue weighted by atomic mass is 16.2. The van der Waals surface area contributed by atoms with Gasteiger partial charge in [0.05, 0.1) is 0 Å². The Morgan fingerprint density at radius 2 is 1.92 bits per heavy atom. The molecule has 4 unspecified atom stereocenters. The SMILES string of the molecule is O=C(NCC1CC2CCN1CC2CN1CCCC1)Nc1ccccc1. The fraction of sp³-hybridized carbons (Fsp3) is 0.650. The highest BCUT2D eigenvalue weighted by molar-refractivity contribution is 5.89. The maximum absolute atomic E-state index is 12.1. The lowest BCUT2D eigenvalue weighted by Crippen LogP contribution is -2.58. The number of urea groups is 1. The van der Waals surface area contributed by atoms with E-state index in [1.54, 1.807) is 0 Å². The molecule has 0 spiro atoms. The number of rotatable bonds is 5. The number of likely N-dealkylation sites (tertiary alicyclic amines) is 1. The van der Waals surface area contributed by atoms with E-state index in [0.29, 0.717) is 6.04 Å². The number of anilines is 1. The lowest BCUT2D eigenvalue weighted by molar-refractivity contribution is -0.00837. The van der Waals surface area contributed by atoms with Gasteiger partial charge in [0.1, 0.15) is 0 Å². The Kier molecular flexibility index (Phi) is 5.22. The molecule has 5 rings (SSSR count). The number of carbonyl (C=O) groups excluding carboxylic acids is 1. The summed E-state index contributed by atoms with van der Waals surface area (Å²) >= 11 is 0. The normalized spacial score (nSPS) is 31.8. The molecule has 1 aromatic rings. The second kappa shape index (κ2) is 7.75. The van der Waals surface area contributed by atoms with Crippen LogP contribution in [0.5, 0.6) is 0 Å². The second-order valence-electron chi connectivity index (χ2n) is 7.90. The first-order valence-corrected chi connectivity index (χ1v) is 9.84. The van der Waals surface area contributed by atoms with Crippen LogP contribution in [0.2, 0.25) is 0 Å². The molecule has 25 heavy (non-hydrogen) atoms. The molecule has 2 N–H and O–H groups in total. The lowest BCUT2D eigenvalue weighted by Gasteiger charge is -2.50. The monoisotopic (exact) mass is 342 g/mol. The Morgan fingerprint density at radius 3 is 2.64 bits per heavy atom. The molecular weight excluding hydrogens is 312 g/mol. The summed E-state index contributed by atoms with van der Waals surface area (Å²) in [4.78, 5) is 17.4. The number of fused-ring (bicyclic) bond motifs is 3. The molecule has 2 bridgehead atoms. The lowest BCUT2D eigenvalue weighted by atomic mass is 9.75. The van der Waals surface area contributed by atoms with E-state index in [1.165, 1.54) is 58.4 Å². The molecule has 4 heterocycles. The maximum Gasteiger partial charge on any atom is 0.319 e. The highest BCUT2D eigenvalue weighted by Crippen LogP contribution is 2.36. The summed E-state index contributed by atoms with van der Waals surface area (Å²) in [6.07, 6.45) is 5.34. The van der Waals surface area contributed by atoms with Crippen molar-refractivity contribution in [3.63, 3.8) is 0 Å². The number of carbonyl (C=O) groups is 1. The summed E-state index contributed by atoms with van der Waals surface area (Å²) < 4.78 is 0. The molecule has 4 fully saturated rings. The van der Waals surface area contributed by atoms with Gasteiger partial charge >= 0.3 is 6.03 Å². The molecule has 0 aliphatic carbocycles. The van der Waals surface area contributed by atoms with E-state index in [0.717, 1.165) is 24.1 Å². The summed E-state index contributed by atoms with van der Waals surface area (Å²) in [5, 5.41) is 5.98. The van der Waals surface area contributed by atoms with Crippen molar-refractivity contribution in [2.24, 2.45) is 11.8 Å². The van der Waals surface area contributed by atoms with Crippen LogP contribution in [0.3, 0.4) is 0 Å². The summed E-state index contributed by atoms with van der Waals surface area (Å²) in [5.74, 6) is 1.68. The number of amides is 2. The molecule has 0 saturated carbocycles. The van der Waals surface area contributed by atoms with E-state index in [-0.39, 0.29) is 6.03 Å². The van der Waals surface area contributed by atoms with Crippen LogP contribution in [0.15, 0.2) is 30.3 Å². The summed E-state index contributed by atoms with van der Waals surface area (Å²) in [6, 6.07) is 10.1. The fourth-order valence-corrected chi connectivity index (χ4v) is 4.87. The second-order valence-corrected chi connectivity index (χ2v) is 7.90. The molecule has 4 aliphatic rings. The number of benzene rings is 1. The van der Waals surface area contributed by atoms with E-state index in [1.807, 2.05) is 30.3 Å². The highest BCUT2D eigenvalue weighted by Gasteiger charge is 2.40. The average Bonchev–Trinajstić information content (AvgIpc) is 3.15. The Bertz CT molecular complexity index is 572. The van der Waals surface area contributed by atoms with Gasteiger partial charge in [0.25, 0.3) is 0 Å². The largest absolute Gasteiger partial charge is 0.336 e. The van der Waals surface area contributed by atoms with Gasteiger partial charge in [-0.3, -0.25) is 4.90 Å². The molecular formula is C20H30N4O. The van der Waals surface area contributed by atoms with Crippen molar-refractivity contribution in [2.75, 3.05) is 44.6 Å². The standard InChI is InChI=1S/C20H30N4O/c25-20(22-18-6-2-1-3-7-18)21-13-19-12-16-8-11-24(19)15-17(16)14-23-9-4-5-10-23/h1-3,6-7,16-17,19H,4-5,8-15H2,(H2,21,22,25). The number of nitrogens with zero attached hydrogens (tertiary/aromatic N) is 2. The average molecular weight is 342 g/mol. The molecule has 1 aromatic carbocycles. The van der Waals surface area contributed by atoms with Gasteiger partial charge in [-0.15, -0.1) is 0 Å². The number of hydrogen-bond acceptors (Lipinski definition) is 3. The minimum atomic E-state index is -0.0949. The van der Waals surface area contributed by atoms with Gasteiger partial charge in [0.2, 0.25) is 0 Å². The molecule has 4 aliphatic heterocycles. The Labute approximate surface area is 150 Å². The third kappa shape index (κ3) is 4.15. The number of hydrogen-bond donors (Lipinski definition) is 2. The van der Waals surface area contributed by atoms with Crippen molar-refractivity contribution >= 4 is 11.7 Å². The quantitative estimate of drug-likeness (QED) is 0.865. The van der Waals surface area contributed by atoms with Crippen molar-refractivity contribution < 1.29 is 4.79 Å². The van der Waals surface area contributed by atoms with Crippen molar-refractivity contribution in [3.05, 3.63) is 30.3 Å². The number of piperidine rings is 3. The third-order valence-electron chi connectivity index (χ3n) is 6.24. The van der Waals surface area contributed by atoms with Crippen LogP contribution in [0, 0.1) is 11.8 Å². The van der Waals surface area contributed by atoms with Crippen LogP contribution >= 0.6 is 0 Å². The van der Waals surface area contributed by atoms with Crippen LogP contribution in [0.25, 0.3) is 0 Å². The molecule has 136 valence electrons. The molecule has 4 atom stereocenters. The van der Waals surface area contributed by atoms with Gasteiger partial charge in [-0.1, -0.05) is 18.2 Å². The van der Waals surface area contributed by atoms with Crippen LogP contribution in [0.4, 0.5) is 10.5 Å². The van der Waals surface area contributed by atoms with Crippen molar-refractivity contribution in [3.8, 4) is 0 Å². The van der Waals surface area contributed by atoms with Gasteiger partial charge in [-0.05, 0) is 69.3 Å². The molecule has 5 nitrogen and oxygen atoms in total. The maximum atomic E-state index is 12.1. The fourth-order valence-electron chi connectivity index (χ4n) is 4.87. The van der Waals surface area contributed by atoms with Crippen molar-refractivity contribution in [1.82, 2.24) is 15.1 Å². The third-order valence-corrected chi connectivity index (χ3v) is 6.24. The van der Waals surface area contributed by atoms with Crippen LogP contribution in [-0.4, -0.2) is 61.1 Å². The Hall–Kier alpha value is -1.59. The van der Waals surface area contributed by atoms with E-state index in [4.69, 9.17) is 0 Å². The van der Waals surface area contributed by atoms with Gasteiger partial charge in [0, 0.05) is 31.4 Å². The smallest absolute Gasteiger partial charge is 0.319 e. The minimum absolute atomic E-state index is 0.0949. The predicted molar refractivity (Wildman–Crippen MR) is 101 cm³/mol. The number of para-hydroxylation sites is 1.